The van der Waals surface area contributed by atoms with E-state index in [-0.39, 0.29) is 12.6 Å². The van der Waals surface area contributed by atoms with E-state index in [0.717, 1.165) is 24.2 Å². The molecule has 147 valence electrons. The van der Waals surface area contributed by atoms with Crippen molar-refractivity contribution in [2.75, 3.05) is 13.2 Å². The topological polar surface area (TPSA) is 61.8 Å². The summed E-state index contributed by atoms with van der Waals surface area (Å²) in [5.74, 6) is 0.317. The van der Waals surface area contributed by atoms with Crippen LogP contribution < -0.4 is 9.47 Å². The predicted molar refractivity (Wildman–Crippen MR) is 108 cm³/mol. The normalized spacial score (nSPS) is 10.6. The summed E-state index contributed by atoms with van der Waals surface area (Å²) in [6.45, 7) is 6.68. The van der Waals surface area contributed by atoms with E-state index in [1.807, 2.05) is 0 Å². The lowest BCUT2D eigenvalue weighted by Crippen LogP contribution is -2.05. The molecule has 0 bridgehead atoms. The molecule has 0 aliphatic carbocycles. The molecule has 0 fully saturated rings. The maximum atomic E-state index is 12.0. The van der Waals surface area contributed by atoms with E-state index in [1.165, 1.54) is 6.08 Å². The molecule has 1 radical (unpaired) electrons. The van der Waals surface area contributed by atoms with Crippen LogP contribution in [0.1, 0.15) is 42.1 Å². The second kappa shape index (κ2) is 11.6. The van der Waals surface area contributed by atoms with E-state index in [2.05, 4.69) is 13.8 Å². The minimum Gasteiger partial charge on any atom is -0.494 e. The third-order valence-corrected chi connectivity index (χ3v) is 3.74. The summed E-state index contributed by atoms with van der Waals surface area (Å²) in [7, 11) is 0. The highest BCUT2D eigenvalue weighted by Crippen LogP contribution is 2.18. The van der Waals surface area contributed by atoms with Gasteiger partial charge in [-0.25, -0.2) is 9.59 Å². The molecule has 5 nitrogen and oxygen atoms in total. The number of rotatable bonds is 10. The van der Waals surface area contributed by atoms with Crippen molar-refractivity contribution in [2.45, 2.75) is 26.2 Å². The van der Waals surface area contributed by atoms with Crippen molar-refractivity contribution in [3.05, 3.63) is 72.7 Å². The smallest absolute Gasteiger partial charge is 0.338 e. The summed E-state index contributed by atoms with van der Waals surface area (Å²) < 4.78 is 15.8. The number of ether oxygens (including phenoxy) is 3. The summed E-state index contributed by atoms with van der Waals surface area (Å²) in [4.78, 5) is 23.7. The number of hydrogen-bond donors (Lipinski definition) is 0. The minimum atomic E-state index is -0.487. The molecule has 2 aromatic carbocycles. The molecule has 5 heteroatoms. The van der Waals surface area contributed by atoms with E-state index in [1.54, 1.807) is 54.6 Å². The van der Waals surface area contributed by atoms with Crippen LogP contribution in [0.15, 0.2) is 54.6 Å². The number of carbonyl (C=O) groups is 2. The lowest BCUT2D eigenvalue weighted by atomic mass is 10.1. The molecule has 0 aliphatic heterocycles. The van der Waals surface area contributed by atoms with Gasteiger partial charge in [-0.3, -0.25) is 0 Å². The van der Waals surface area contributed by atoms with Gasteiger partial charge in [0.2, 0.25) is 0 Å². The molecule has 28 heavy (non-hydrogen) atoms. The highest BCUT2D eigenvalue weighted by atomic mass is 16.5. The molecule has 2 rings (SSSR count). The fourth-order valence-electron chi connectivity index (χ4n) is 2.23. The number of carbonyl (C=O) groups excluding carboxylic acids is 2. The number of unbranched alkanes of at least 4 members (excludes halogenated alkanes) is 1. The van der Waals surface area contributed by atoms with Gasteiger partial charge in [-0.1, -0.05) is 25.5 Å². The molecular formula is C23H25O5. The van der Waals surface area contributed by atoms with Crippen LogP contribution in [0.4, 0.5) is 0 Å². The van der Waals surface area contributed by atoms with Gasteiger partial charge in [-0.05, 0) is 67.8 Å². The van der Waals surface area contributed by atoms with Gasteiger partial charge in [0.05, 0.1) is 18.8 Å². The molecule has 0 saturated heterocycles. The Morgan fingerprint density at radius 1 is 0.964 bits per heavy atom. The zero-order valence-electron chi connectivity index (χ0n) is 16.1. The van der Waals surface area contributed by atoms with Gasteiger partial charge in [-0.2, -0.15) is 0 Å². The van der Waals surface area contributed by atoms with Crippen molar-refractivity contribution in [2.24, 2.45) is 0 Å². The van der Waals surface area contributed by atoms with Crippen molar-refractivity contribution in [3.8, 4) is 11.5 Å². The fourth-order valence-corrected chi connectivity index (χ4v) is 2.23. The summed E-state index contributed by atoms with van der Waals surface area (Å²) in [6.07, 6.45) is 5.56. The fraction of sp³-hybridized carbons (Fsp3) is 0.261. The Balaban J connectivity index is 1.85. The molecule has 2 aromatic rings. The minimum absolute atomic E-state index is 0.290. The van der Waals surface area contributed by atoms with Gasteiger partial charge < -0.3 is 14.2 Å². The lowest BCUT2D eigenvalue weighted by Gasteiger charge is -2.06. The Kier molecular flexibility index (Phi) is 8.79. The van der Waals surface area contributed by atoms with Gasteiger partial charge in [0.25, 0.3) is 0 Å². The van der Waals surface area contributed by atoms with Crippen LogP contribution in [-0.4, -0.2) is 25.2 Å². The Hall–Kier alpha value is -3.08. The maximum absolute atomic E-state index is 12.0. The van der Waals surface area contributed by atoms with Crippen LogP contribution in [0.3, 0.4) is 0 Å². The lowest BCUT2D eigenvalue weighted by molar-refractivity contribution is -0.128. The summed E-state index contributed by atoms with van der Waals surface area (Å²) >= 11 is 0. The van der Waals surface area contributed by atoms with Gasteiger partial charge in [-0.15, -0.1) is 0 Å². The second-order valence-corrected chi connectivity index (χ2v) is 6.04. The molecule has 0 heterocycles. The Morgan fingerprint density at radius 3 is 2.29 bits per heavy atom. The number of hydrogen-bond acceptors (Lipinski definition) is 5. The Bertz CT molecular complexity index is 776. The second-order valence-electron chi connectivity index (χ2n) is 6.04. The first-order chi connectivity index (χ1) is 13.6. The molecule has 0 saturated carbocycles. The largest absolute Gasteiger partial charge is 0.494 e. The Labute approximate surface area is 165 Å². The van der Waals surface area contributed by atoms with Crippen LogP contribution in [0, 0.1) is 6.92 Å². The molecule has 0 aromatic heterocycles. The van der Waals surface area contributed by atoms with Crippen LogP contribution in [0.2, 0.25) is 0 Å². The monoisotopic (exact) mass is 381 g/mol. The van der Waals surface area contributed by atoms with Gasteiger partial charge in [0.1, 0.15) is 11.5 Å². The van der Waals surface area contributed by atoms with Crippen molar-refractivity contribution < 1.29 is 23.8 Å². The zero-order chi connectivity index (χ0) is 20.2. The third kappa shape index (κ3) is 7.27. The SMILES string of the molecule is [CH2]CCOC(=O)c1ccc(/C=C/C(=O)Oc2ccc(OCCCC)cc2)cc1. The van der Waals surface area contributed by atoms with Crippen LogP contribution in [0.5, 0.6) is 11.5 Å². The highest BCUT2D eigenvalue weighted by Gasteiger charge is 2.06. The molecule has 0 N–H and O–H groups in total. The zero-order valence-corrected chi connectivity index (χ0v) is 16.1. The van der Waals surface area contributed by atoms with Crippen molar-refractivity contribution in [3.63, 3.8) is 0 Å². The quantitative estimate of drug-likeness (QED) is 0.254. The summed E-state index contributed by atoms with van der Waals surface area (Å²) in [5.41, 5.74) is 1.22. The van der Waals surface area contributed by atoms with E-state index in [0.29, 0.717) is 24.3 Å². The van der Waals surface area contributed by atoms with Crippen LogP contribution >= 0.6 is 0 Å². The van der Waals surface area contributed by atoms with Crippen molar-refractivity contribution in [1.82, 2.24) is 0 Å². The number of esters is 2. The summed E-state index contributed by atoms with van der Waals surface area (Å²) in [5, 5.41) is 0. The van der Waals surface area contributed by atoms with E-state index < -0.39 is 5.97 Å². The standard InChI is InChI=1S/C23H25O5/c1-3-5-17-26-20-11-13-21(14-12-20)28-22(24)15-8-18-6-9-19(10-7-18)23(25)27-16-4-2/h6-15H,2-5,16-17H2,1H3/b15-8+. The maximum Gasteiger partial charge on any atom is 0.338 e. The average Bonchev–Trinajstić information content (AvgIpc) is 2.72. The predicted octanol–water partition coefficient (Wildman–Crippen LogP) is 4.87. The first-order valence-corrected chi connectivity index (χ1v) is 9.31. The number of benzene rings is 2. The highest BCUT2D eigenvalue weighted by molar-refractivity contribution is 5.91. The van der Waals surface area contributed by atoms with E-state index in [4.69, 9.17) is 14.2 Å². The van der Waals surface area contributed by atoms with Gasteiger partial charge >= 0.3 is 11.9 Å². The molecule has 0 amide bonds. The summed E-state index contributed by atoms with van der Waals surface area (Å²) in [6, 6.07) is 13.7. The third-order valence-electron chi connectivity index (χ3n) is 3.74. The van der Waals surface area contributed by atoms with E-state index in [9.17, 15) is 9.59 Å². The van der Waals surface area contributed by atoms with Crippen LogP contribution in [-0.2, 0) is 9.53 Å². The first-order valence-electron chi connectivity index (χ1n) is 9.31. The van der Waals surface area contributed by atoms with Gasteiger partial charge in [0.15, 0.2) is 0 Å². The molecule has 0 unspecified atom stereocenters. The molecule has 0 spiro atoms. The molecular weight excluding hydrogens is 356 g/mol. The van der Waals surface area contributed by atoms with Crippen molar-refractivity contribution in [1.29, 1.82) is 0 Å². The average molecular weight is 381 g/mol. The van der Waals surface area contributed by atoms with Crippen LogP contribution in [0.25, 0.3) is 6.08 Å². The van der Waals surface area contributed by atoms with E-state index >= 15 is 0 Å². The first kappa shape index (κ1) is 21.2. The molecule has 0 atom stereocenters. The van der Waals surface area contributed by atoms with Gasteiger partial charge in [0, 0.05) is 6.08 Å². The molecule has 0 aliphatic rings. The Morgan fingerprint density at radius 2 is 1.64 bits per heavy atom. The van der Waals surface area contributed by atoms with Crippen molar-refractivity contribution >= 4 is 18.0 Å².